The first kappa shape index (κ1) is 7.36. The highest BCUT2D eigenvalue weighted by atomic mass is 16.2. The molecule has 1 N–H and O–H groups in total. The van der Waals surface area contributed by atoms with Crippen molar-refractivity contribution < 1.29 is 5.11 Å². The van der Waals surface area contributed by atoms with Gasteiger partial charge in [-0.15, -0.1) is 0 Å². The Labute approximate surface area is 50.7 Å². The van der Waals surface area contributed by atoms with Crippen LogP contribution in [-0.4, -0.2) is 5.11 Å². The van der Waals surface area contributed by atoms with E-state index in [2.05, 4.69) is 19.8 Å². The lowest BCUT2D eigenvalue weighted by atomic mass is 10.1. The summed E-state index contributed by atoms with van der Waals surface area (Å²) in [7, 11) is 0. The van der Waals surface area contributed by atoms with Gasteiger partial charge in [0.05, 0.1) is 0 Å². The molecule has 0 aliphatic heterocycles. The minimum atomic E-state index is 0.691. The summed E-state index contributed by atoms with van der Waals surface area (Å²) in [5.41, 5.74) is 0. The Kier molecular flexibility index (Phi) is 4.16. The molecular weight excluding hydrogens is 100 g/mol. The van der Waals surface area contributed by atoms with E-state index in [0.29, 0.717) is 5.92 Å². The smallest absolute Gasteiger partial charge is 0.107 e. The average molecular weight is 112 g/mol. The van der Waals surface area contributed by atoms with Gasteiger partial charge in [-0.05, 0) is 12.3 Å². The van der Waals surface area contributed by atoms with Gasteiger partial charge in [-0.3, -0.25) is 0 Å². The van der Waals surface area contributed by atoms with Gasteiger partial charge in [0.25, 0.3) is 0 Å². The molecule has 8 heavy (non-hydrogen) atoms. The van der Waals surface area contributed by atoms with Crippen LogP contribution < -0.4 is 0 Å². The fourth-order valence-electron chi connectivity index (χ4n) is 0.417. The van der Waals surface area contributed by atoms with Crippen LogP contribution in [0.1, 0.15) is 26.7 Å². The van der Waals surface area contributed by atoms with Crippen LogP contribution in [0.3, 0.4) is 0 Å². The van der Waals surface area contributed by atoms with Crippen LogP contribution in [0.15, 0.2) is 0 Å². The molecule has 0 radical (unpaired) electrons. The predicted molar refractivity (Wildman–Crippen MR) is 33.8 cm³/mol. The van der Waals surface area contributed by atoms with Crippen LogP contribution in [0.25, 0.3) is 0 Å². The van der Waals surface area contributed by atoms with Crippen LogP contribution >= 0.6 is 0 Å². The van der Waals surface area contributed by atoms with Crippen molar-refractivity contribution in [2.45, 2.75) is 26.7 Å². The first-order valence-corrected chi connectivity index (χ1v) is 2.89. The molecule has 0 atom stereocenters. The van der Waals surface area contributed by atoms with E-state index in [0.717, 1.165) is 12.8 Å². The topological polar surface area (TPSA) is 20.2 Å². The van der Waals surface area contributed by atoms with Crippen molar-refractivity contribution in [3.8, 4) is 12.0 Å². The zero-order valence-electron chi connectivity index (χ0n) is 5.44. The van der Waals surface area contributed by atoms with Crippen molar-refractivity contribution in [1.82, 2.24) is 0 Å². The van der Waals surface area contributed by atoms with E-state index in [1.165, 1.54) is 0 Å². The Morgan fingerprint density at radius 3 is 2.50 bits per heavy atom. The summed E-state index contributed by atoms with van der Waals surface area (Å²) in [5, 5.41) is 8.02. The molecule has 0 heterocycles. The molecule has 0 aromatic carbocycles. The summed E-state index contributed by atoms with van der Waals surface area (Å²) in [4.78, 5) is 0. The average Bonchev–Trinajstić information content (AvgIpc) is 1.66. The van der Waals surface area contributed by atoms with E-state index >= 15 is 0 Å². The summed E-state index contributed by atoms with van der Waals surface area (Å²) in [6.07, 6.45) is 3.76. The Morgan fingerprint density at radius 2 is 2.12 bits per heavy atom. The maximum atomic E-state index is 8.02. The quantitative estimate of drug-likeness (QED) is 0.539. The Bertz CT molecular complexity index is 94.7. The molecular formula is C7H12O. The summed E-state index contributed by atoms with van der Waals surface area (Å²) < 4.78 is 0. The molecule has 0 unspecified atom stereocenters. The second-order valence-electron chi connectivity index (χ2n) is 2.22. The third-order valence-electron chi connectivity index (χ3n) is 0.926. The Morgan fingerprint density at radius 1 is 1.50 bits per heavy atom. The van der Waals surface area contributed by atoms with Crippen LogP contribution in [-0.2, 0) is 0 Å². The summed E-state index contributed by atoms with van der Waals surface area (Å²) in [6.45, 7) is 4.28. The Balaban J connectivity index is 3.01. The monoisotopic (exact) mass is 112 g/mol. The zero-order valence-corrected chi connectivity index (χ0v) is 5.44. The van der Waals surface area contributed by atoms with Crippen LogP contribution in [0, 0.1) is 17.9 Å². The molecule has 0 aromatic rings. The largest absolute Gasteiger partial charge is 0.462 e. The number of aliphatic hydroxyl groups excluding tert-OH is 1. The minimum absolute atomic E-state index is 0.691. The zero-order chi connectivity index (χ0) is 6.41. The fourth-order valence-corrected chi connectivity index (χ4v) is 0.417. The lowest BCUT2D eigenvalue weighted by Gasteiger charge is -1.95. The maximum absolute atomic E-state index is 8.02. The first-order valence-electron chi connectivity index (χ1n) is 2.89. The van der Waals surface area contributed by atoms with E-state index in [9.17, 15) is 0 Å². The molecule has 0 saturated heterocycles. The first-order chi connectivity index (χ1) is 3.77. The van der Waals surface area contributed by atoms with E-state index in [1.807, 2.05) is 6.11 Å². The molecule has 0 fully saturated rings. The highest BCUT2D eigenvalue weighted by Gasteiger charge is 1.88. The molecule has 0 aliphatic carbocycles. The standard InChI is InChI=1S/C7H12O/c1-7(2)5-3-4-6-8/h7-8H,3,5H2,1-2H3. The maximum Gasteiger partial charge on any atom is 0.107 e. The van der Waals surface area contributed by atoms with Crippen molar-refractivity contribution >= 4 is 0 Å². The molecule has 46 valence electrons. The predicted octanol–water partition coefficient (Wildman–Crippen LogP) is 1.76. The van der Waals surface area contributed by atoms with E-state index in [1.54, 1.807) is 0 Å². The van der Waals surface area contributed by atoms with Gasteiger partial charge in [-0.1, -0.05) is 19.8 Å². The molecule has 0 spiro atoms. The van der Waals surface area contributed by atoms with Gasteiger partial charge in [-0.25, -0.2) is 0 Å². The molecule has 0 saturated carbocycles. The number of rotatable bonds is 2. The van der Waals surface area contributed by atoms with Gasteiger partial charge in [0.15, 0.2) is 0 Å². The molecule has 1 heteroatoms. The van der Waals surface area contributed by atoms with Gasteiger partial charge in [0, 0.05) is 6.42 Å². The second kappa shape index (κ2) is 4.52. The van der Waals surface area contributed by atoms with Crippen molar-refractivity contribution in [3.05, 3.63) is 0 Å². The molecule has 0 aromatic heterocycles. The van der Waals surface area contributed by atoms with Gasteiger partial charge in [0.1, 0.15) is 6.11 Å². The van der Waals surface area contributed by atoms with E-state index in [-0.39, 0.29) is 0 Å². The van der Waals surface area contributed by atoms with Crippen LogP contribution in [0.5, 0.6) is 0 Å². The Hall–Kier alpha value is -0.640. The molecule has 0 bridgehead atoms. The lowest BCUT2D eigenvalue weighted by molar-refractivity contribution is 0.514. The van der Waals surface area contributed by atoms with Crippen LogP contribution in [0.4, 0.5) is 0 Å². The fraction of sp³-hybridized carbons (Fsp3) is 0.714. The van der Waals surface area contributed by atoms with Gasteiger partial charge in [0.2, 0.25) is 0 Å². The molecule has 0 amide bonds. The SMILES string of the molecule is CC(C)CCC#CO. The van der Waals surface area contributed by atoms with Gasteiger partial charge >= 0.3 is 0 Å². The van der Waals surface area contributed by atoms with Gasteiger partial charge < -0.3 is 5.11 Å². The van der Waals surface area contributed by atoms with Crippen molar-refractivity contribution in [2.24, 2.45) is 5.92 Å². The molecule has 0 rings (SSSR count). The van der Waals surface area contributed by atoms with Crippen LogP contribution in [0.2, 0.25) is 0 Å². The van der Waals surface area contributed by atoms with E-state index < -0.39 is 0 Å². The highest BCUT2D eigenvalue weighted by molar-refractivity contribution is 4.89. The number of hydrogen-bond acceptors (Lipinski definition) is 1. The number of aliphatic hydroxyl groups is 1. The highest BCUT2D eigenvalue weighted by Crippen LogP contribution is 2.00. The van der Waals surface area contributed by atoms with E-state index in [4.69, 9.17) is 5.11 Å². The van der Waals surface area contributed by atoms with Gasteiger partial charge in [-0.2, -0.15) is 0 Å². The molecule has 0 aliphatic rings. The second-order valence-corrected chi connectivity index (χ2v) is 2.22. The lowest BCUT2D eigenvalue weighted by Crippen LogP contribution is -1.83. The molecule has 1 nitrogen and oxygen atoms in total. The van der Waals surface area contributed by atoms with Crippen molar-refractivity contribution in [2.75, 3.05) is 0 Å². The van der Waals surface area contributed by atoms with Crippen molar-refractivity contribution in [3.63, 3.8) is 0 Å². The third kappa shape index (κ3) is 5.36. The van der Waals surface area contributed by atoms with Crippen molar-refractivity contribution in [1.29, 1.82) is 0 Å². The minimum Gasteiger partial charge on any atom is -0.462 e. The summed E-state index contributed by atoms with van der Waals surface area (Å²) >= 11 is 0. The summed E-state index contributed by atoms with van der Waals surface area (Å²) in [5.74, 6) is 3.28. The normalized spacial score (nSPS) is 8.38. The number of hydrogen-bond donors (Lipinski definition) is 1. The summed E-state index contributed by atoms with van der Waals surface area (Å²) in [6, 6.07) is 0. The third-order valence-corrected chi connectivity index (χ3v) is 0.926.